The molecule has 102 valence electrons. The van der Waals surface area contributed by atoms with Crippen LogP contribution in [0.4, 0.5) is 0 Å². The van der Waals surface area contributed by atoms with E-state index in [0.29, 0.717) is 35.6 Å². The van der Waals surface area contributed by atoms with Crippen LogP contribution in [0.3, 0.4) is 0 Å². The zero-order valence-corrected chi connectivity index (χ0v) is 12.2. The fraction of sp³-hybridized carbons (Fsp3) is 0.417. The highest BCUT2D eigenvalue weighted by Gasteiger charge is 2.17. The summed E-state index contributed by atoms with van der Waals surface area (Å²) in [5.74, 6) is -0.214. The molecule has 0 unspecified atom stereocenters. The Hall–Kier alpha value is -1.47. The summed E-state index contributed by atoms with van der Waals surface area (Å²) in [7, 11) is 0. The SMILES string of the molecule is CCOCCCNC(=O)c1nn2cccnc2c1Br. The van der Waals surface area contributed by atoms with Crippen molar-refractivity contribution >= 4 is 27.5 Å². The number of nitrogens with zero attached hydrogens (tertiary/aromatic N) is 3. The summed E-state index contributed by atoms with van der Waals surface area (Å²) in [5, 5.41) is 7.00. The van der Waals surface area contributed by atoms with Crippen LogP contribution in [0.2, 0.25) is 0 Å². The molecule has 19 heavy (non-hydrogen) atoms. The van der Waals surface area contributed by atoms with Crippen LogP contribution in [0.15, 0.2) is 22.9 Å². The predicted molar refractivity (Wildman–Crippen MR) is 74.1 cm³/mol. The third kappa shape index (κ3) is 3.30. The Kier molecular flexibility index (Phi) is 4.86. The van der Waals surface area contributed by atoms with E-state index in [1.165, 1.54) is 0 Å². The number of halogens is 1. The van der Waals surface area contributed by atoms with Crippen molar-refractivity contribution in [3.8, 4) is 0 Å². The van der Waals surface area contributed by atoms with Gasteiger partial charge in [-0.05, 0) is 35.3 Å². The largest absolute Gasteiger partial charge is 0.382 e. The number of hydrogen-bond acceptors (Lipinski definition) is 4. The maximum Gasteiger partial charge on any atom is 0.273 e. The van der Waals surface area contributed by atoms with Gasteiger partial charge in [0.1, 0.15) is 0 Å². The lowest BCUT2D eigenvalue weighted by atomic mass is 10.3. The highest BCUT2D eigenvalue weighted by Crippen LogP contribution is 2.20. The van der Waals surface area contributed by atoms with Gasteiger partial charge >= 0.3 is 0 Å². The van der Waals surface area contributed by atoms with E-state index in [2.05, 4.69) is 31.3 Å². The van der Waals surface area contributed by atoms with Crippen LogP contribution < -0.4 is 5.32 Å². The van der Waals surface area contributed by atoms with E-state index in [1.54, 1.807) is 23.0 Å². The van der Waals surface area contributed by atoms with Crippen molar-refractivity contribution in [2.45, 2.75) is 13.3 Å². The quantitative estimate of drug-likeness (QED) is 0.819. The van der Waals surface area contributed by atoms with Crippen LogP contribution in [0.5, 0.6) is 0 Å². The van der Waals surface area contributed by atoms with E-state index < -0.39 is 0 Å². The molecule has 0 saturated carbocycles. The van der Waals surface area contributed by atoms with Crippen molar-refractivity contribution in [1.29, 1.82) is 0 Å². The average Bonchev–Trinajstić information content (AvgIpc) is 2.76. The molecule has 0 saturated heterocycles. The molecule has 0 aliphatic carbocycles. The highest BCUT2D eigenvalue weighted by molar-refractivity contribution is 9.10. The van der Waals surface area contributed by atoms with Gasteiger partial charge in [-0.3, -0.25) is 4.79 Å². The molecular weight excluding hydrogens is 312 g/mol. The van der Waals surface area contributed by atoms with Gasteiger partial charge in [0.2, 0.25) is 0 Å². The number of hydrogen-bond donors (Lipinski definition) is 1. The second-order valence-corrected chi connectivity index (χ2v) is 4.65. The highest BCUT2D eigenvalue weighted by atomic mass is 79.9. The van der Waals surface area contributed by atoms with Crippen LogP contribution in [0.25, 0.3) is 5.65 Å². The number of fused-ring (bicyclic) bond motifs is 1. The predicted octanol–water partition coefficient (Wildman–Crippen LogP) is 1.65. The molecule has 0 aromatic carbocycles. The molecule has 0 radical (unpaired) electrons. The smallest absolute Gasteiger partial charge is 0.273 e. The molecule has 2 heterocycles. The minimum Gasteiger partial charge on any atom is -0.382 e. The standard InChI is InChI=1S/C12H15BrN4O2/c1-2-19-8-4-6-15-12(18)10-9(13)11-14-5-3-7-17(11)16-10/h3,5,7H,2,4,6,8H2,1H3,(H,15,18). The van der Waals surface area contributed by atoms with Crippen LogP contribution in [0, 0.1) is 0 Å². The van der Waals surface area contributed by atoms with Gasteiger partial charge in [-0.2, -0.15) is 5.10 Å². The molecule has 0 aliphatic rings. The van der Waals surface area contributed by atoms with Crippen molar-refractivity contribution in [2.75, 3.05) is 19.8 Å². The first-order chi connectivity index (χ1) is 9.24. The molecule has 1 N–H and O–H groups in total. The number of rotatable bonds is 6. The van der Waals surface area contributed by atoms with Crippen molar-refractivity contribution in [3.63, 3.8) is 0 Å². The maximum atomic E-state index is 12.0. The van der Waals surface area contributed by atoms with Gasteiger partial charge < -0.3 is 10.1 Å². The van der Waals surface area contributed by atoms with Crippen molar-refractivity contribution < 1.29 is 9.53 Å². The Labute approximate surface area is 119 Å². The molecule has 2 aromatic rings. The monoisotopic (exact) mass is 326 g/mol. The Balaban J connectivity index is 1.99. The molecule has 0 bridgehead atoms. The third-order valence-electron chi connectivity index (χ3n) is 2.51. The number of carbonyl (C=O) groups is 1. The Morgan fingerprint density at radius 2 is 2.42 bits per heavy atom. The lowest BCUT2D eigenvalue weighted by Crippen LogP contribution is -2.26. The fourth-order valence-electron chi connectivity index (χ4n) is 1.61. The summed E-state index contributed by atoms with van der Waals surface area (Å²) >= 11 is 3.35. The zero-order chi connectivity index (χ0) is 13.7. The first kappa shape index (κ1) is 14.0. The first-order valence-corrected chi connectivity index (χ1v) is 6.88. The normalized spacial score (nSPS) is 10.8. The molecular formula is C12H15BrN4O2. The molecule has 7 heteroatoms. The number of amides is 1. The number of ether oxygens (including phenoxy) is 1. The van der Waals surface area contributed by atoms with Crippen molar-refractivity contribution in [1.82, 2.24) is 19.9 Å². The Bertz CT molecular complexity index is 570. The summed E-state index contributed by atoms with van der Waals surface area (Å²) < 4.78 is 7.38. The molecule has 2 aromatic heterocycles. The number of aromatic nitrogens is 3. The van der Waals surface area contributed by atoms with Crippen LogP contribution in [-0.4, -0.2) is 40.3 Å². The second-order valence-electron chi connectivity index (χ2n) is 3.86. The van der Waals surface area contributed by atoms with Crippen LogP contribution in [0.1, 0.15) is 23.8 Å². The topological polar surface area (TPSA) is 68.5 Å². The van der Waals surface area contributed by atoms with Gasteiger partial charge in [0.25, 0.3) is 5.91 Å². The minimum absolute atomic E-state index is 0.214. The van der Waals surface area contributed by atoms with E-state index in [0.717, 1.165) is 6.42 Å². The maximum absolute atomic E-state index is 12.0. The van der Waals surface area contributed by atoms with Crippen molar-refractivity contribution in [2.24, 2.45) is 0 Å². The fourth-order valence-corrected chi connectivity index (χ4v) is 2.15. The van der Waals surface area contributed by atoms with Crippen LogP contribution in [-0.2, 0) is 4.74 Å². The second kappa shape index (κ2) is 6.63. The molecule has 0 atom stereocenters. The lowest BCUT2D eigenvalue weighted by Gasteiger charge is -2.03. The van der Waals surface area contributed by atoms with Crippen molar-refractivity contribution in [3.05, 3.63) is 28.6 Å². The molecule has 2 rings (SSSR count). The lowest BCUT2D eigenvalue weighted by molar-refractivity contribution is 0.0938. The Morgan fingerprint density at radius 3 is 3.16 bits per heavy atom. The number of nitrogens with one attached hydrogen (secondary N) is 1. The first-order valence-electron chi connectivity index (χ1n) is 6.09. The number of carbonyl (C=O) groups excluding carboxylic acids is 1. The molecule has 0 spiro atoms. The van der Waals surface area contributed by atoms with E-state index in [9.17, 15) is 4.79 Å². The van der Waals surface area contributed by atoms with E-state index in [1.807, 2.05) is 6.92 Å². The summed E-state index contributed by atoms with van der Waals surface area (Å²) in [6, 6.07) is 1.76. The van der Waals surface area contributed by atoms with Gasteiger partial charge in [0, 0.05) is 32.2 Å². The van der Waals surface area contributed by atoms with E-state index in [-0.39, 0.29) is 5.91 Å². The minimum atomic E-state index is -0.214. The molecule has 1 amide bonds. The van der Waals surface area contributed by atoms with Gasteiger partial charge in [-0.25, -0.2) is 9.50 Å². The molecule has 6 nitrogen and oxygen atoms in total. The summed E-state index contributed by atoms with van der Waals surface area (Å²) in [6.45, 7) is 3.84. The van der Waals surface area contributed by atoms with E-state index >= 15 is 0 Å². The zero-order valence-electron chi connectivity index (χ0n) is 10.6. The average molecular weight is 327 g/mol. The summed E-state index contributed by atoms with van der Waals surface area (Å²) in [5.41, 5.74) is 0.970. The Morgan fingerprint density at radius 1 is 1.58 bits per heavy atom. The molecule has 0 aliphatic heterocycles. The van der Waals surface area contributed by atoms with Crippen LogP contribution >= 0.6 is 15.9 Å². The van der Waals surface area contributed by atoms with E-state index in [4.69, 9.17) is 4.74 Å². The van der Waals surface area contributed by atoms with Gasteiger partial charge in [-0.1, -0.05) is 0 Å². The van der Waals surface area contributed by atoms with Gasteiger partial charge in [0.15, 0.2) is 11.3 Å². The van der Waals surface area contributed by atoms with Gasteiger partial charge in [-0.15, -0.1) is 0 Å². The third-order valence-corrected chi connectivity index (χ3v) is 3.24. The summed E-state index contributed by atoms with van der Waals surface area (Å²) in [4.78, 5) is 16.1. The molecule has 0 fully saturated rings. The summed E-state index contributed by atoms with van der Waals surface area (Å²) in [6.07, 6.45) is 4.19. The van der Waals surface area contributed by atoms with Gasteiger partial charge in [0.05, 0.1) is 4.47 Å².